The molecule has 0 amide bonds. The van der Waals surface area contributed by atoms with E-state index in [4.69, 9.17) is 18.9 Å². The van der Waals surface area contributed by atoms with E-state index >= 15 is 0 Å². The van der Waals surface area contributed by atoms with Crippen LogP contribution in [0.4, 0.5) is 0 Å². The Labute approximate surface area is 339 Å². The van der Waals surface area contributed by atoms with E-state index in [0.717, 1.165) is 85.6 Å². The molecule has 0 atom stereocenters. The lowest BCUT2D eigenvalue weighted by Crippen LogP contribution is -2.27. The number of nitrogens with one attached hydrogen (secondary N) is 1. The third kappa shape index (κ3) is 8.28. The summed E-state index contributed by atoms with van der Waals surface area (Å²) < 4.78 is 28.7. The highest BCUT2D eigenvalue weighted by atomic mass is 16.5. The van der Waals surface area contributed by atoms with E-state index in [1.165, 1.54) is 0 Å². The van der Waals surface area contributed by atoms with Gasteiger partial charge in [0.1, 0.15) is 34.4 Å². The maximum Gasteiger partial charge on any atom is 0.356 e. The standard InChI is InChI=1S/C48H53N3O7/c1-5-23-55-43-32-15-12-16-33(43)28-35-18-14-20-37(45(35)57-25-7-3)30-40-42(51-48(54)50(47(53)49-51)39-21-10-9-11-22-39)41(52)31-38(46(40)58-26-8-4)29-36-19-13-17-34(27-32)44(36)56-24-6-2/h9-22,31,52H,5-8,23-30H2,1-4H3,(H,49,53). The molecule has 302 valence electrons. The second-order valence-corrected chi connectivity index (χ2v) is 14.7. The van der Waals surface area contributed by atoms with Gasteiger partial charge < -0.3 is 24.1 Å². The van der Waals surface area contributed by atoms with Crippen molar-refractivity contribution in [1.29, 1.82) is 0 Å². The molecule has 1 aromatic heterocycles. The molecular formula is C48H53N3O7. The zero-order valence-electron chi connectivity index (χ0n) is 33.9. The summed E-state index contributed by atoms with van der Waals surface area (Å²) in [7, 11) is 0. The zero-order valence-corrected chi connectivity index (χ0v) is 33.9. The molecule has 0 fully saturated rings. The first-order valence-corrected chi connectivity index (χ1v) is 20.6. The first-order chi connectivity index (χ1) is 28.4. The molecule has 0 saturated heterocycles. The smallest absolute Gasteiger partial charge is 0.356 e. The number of fused-ring (bicyclic) bond motifs is 8. The number of aromatic amines is 1. The Morgan fingerprint density at radius 3 is 1.40 bits per heavy atom. The number of ether oxygens (including phenoxy) is 4. The quantitative estimate of drug-likeness (QED) is 0.113. The van der Waals surface area contributed by atoms with Crippen molar-refractivity contribution in [2.45, 2.75) is 79.1 Å². The highest BCUT2D eigenvalue weighted by molar-refractivity contribution is 5.65. The normalized spacial score (nSPS) is 12.3. The van der Waals surface area contributed by atoms with Gasteiger partial charge in [0.15, 0.2) is 0 Å². The minimum absolute atomic E-state index is 0.138. The van der Waals surface area contributed by atoms with Gasteiger partial charge in [0.2, 0.25) is 0 Å². The maximum absolute atomic E-state index is 14.3. The summed E-state index contributed by atoms with van der Waals surface area (Å²) in [6.45, 7) is 10.3. The van der Waals surface area contributed by atoms with Crippen LogP contribution in [0.2, 0.25) is 0 Å². The van der Waals surface area contributed by atoms with E-state index in [1.54, 1.807) is 30.3 Å². The summed E-state index contributed by atoms with van der Waals surface area (Å²) in [6, 6.07) is 29.1. The van der Waals surface area contributed by atoms with Gasteiger partial charge in [-0.3, -0.25) is 0 Å². The van der Waals surface area contributed by atoms with Crippen molar-refractivity contribution < 1.29 is 24.1 Å². The molecule has 1 aliphatic rings. The molecule has 58 heavy (non-hydrogen) atoms. The largest absolute Gasteiger partial charge is 0.506 e. The Kier molecular flexibility index (Phi) is 12.7. The maximum atomic E-state index is 14.3. The Bertz CT molecular complexity index is 2480. The van der Waals surface area contributed by atoms with Crippen LogP contribution in [0.25, 0.3) is 11.4 Å². The van der Waals surface area contributed by atoms with Crippen molar-refractivity contribution >= 4 is 0 Å². The van der Waals surface area contributed by atoms with Crippen molar-refractivity contribution in [3.05, 3.63) is 156 Å². The summed E-state index contributed by atoms with van der Waals surface area (Å²) in [6.07, 6.45) is 4.92. The monoisotopic (exact) mass is 783 g/mol. The van der Waals surface area contributed by atoms with Crippen molar-refractivity contribution in [2.24, 2.45) is 0 Å². The lowest BCUT2D eigenvalue weighted by Gasteiger charge is -2.24. The summed E-state index contributed by atoms with van der Waals surface area (Å²) in [4.78, 5) is 27.9. The molecule has 0 radical (unpaired) electrons. The van der Waals surface area contributed by atoms with Crippen molar-refractivity contribution in [2.75, 3.05) is 26.4 Å². The number of aromatic hydroxyl groups is 1. The lowest BCUT2D eigenvalue weighted by molar-refractivity contribution is 0.304. The molecule has 0 aliphatic heterocycles. The molecule has 1 heterocycles. The number of aromatic nitrogens is 3. The third-order valence-electron chi connectivity index (χ3n) is 10.3. The highest BCUT2D eigenvalue weighted by Crippen LogP contribution is 2.43. The number of hydrogen-bond donors (Lipinski definition) is 2. The molecule has 10 heteroatoms. The number of H-pyrrole nitrogens is 1. The Morgan fingerprint density at radius 1 is 0.534 bits per heavy atom. The van der Waals surface area contributed by atoms with Crippen molar-refractivity contribution in [3.63, 3.8) is 0 Å². The fourth-order valence-electron chi connectivity index (χ4n) is 7.74. The van der Waals surface area contributed by atoms with Crippen LogP contribution >= 0.6 is 0 Å². The van der Waals surface area contributed by atoms with Crippen molar-refractivity contribution in [3.8, 4) is 40.1 Å². The van der Waals surface area contributed by atoms with E-state index in [0.29, 0.717) is 68.3 Å². The molecule has 5 aromatic carbocycles. The number of rotatable bonds is 14. The van der Waals surface area contributed by atoms with Crippen LogP contribution in [0, 0.1) is 0 Å². The SMILES string of the molecule is CCCOc1c2cccc1Cc1cccc(c1OCCC)Cc1c(OCCC)c(cc(O)c1-n1[nH]c(=O)n(-c3ccccc3)c1=O)Cc1cccc(c1OCCC)C2. The van der Waals surface area contributed by atoms with E-state index in [2.05, 4.69) is 62.3 Å². The van der Waals surface area contributed by atoms with Gasteiger partial charge >= 0.3 is 11.4 Å². The predicted octanol–water partition coefficient (Wildman–Crippen LogP) is 8.85. The van der Waals surface area contributed by atoms with E-state index < -0.39 is 11.4 Å². The van der Waals surface area contributed by atoms with Gasteiger partial charge in [-0.25, -0.2) is 19.3 Å². The lowest BCUT2D eigenvalue weighted by atomic mass is 9.90. The van der Waals surface area contributed by atoms with Crippen LogP contribution in [0.15, 0.2) is 101 Å². The summed E-state index contributed by atoms with van der Waals surface area (Å²) in [5, 5.41) is 14.9. The predicted molar refractivity (Wildman–Crippen MR) is 227 cm³/mol. The molecule has 0 spiro atoms. The number of para-hydroxylation sites is 4. The second-order valence-electron chi connectivity index (χ2n) is 14.7. The Hall–Kier alpha value is -6.16. The average molecular weight is 784 g/mol. The highest BCUT2D eigenvalue weighted by Gasteiger charge is 2.28. The second kappa shape index (κ2) is 18.4. The van der Waals surface area contributed by atoms with Crippen LogP contribution in [-0.4, -0.2) is 45.9 Å². The molecule has 10 nitrogen and oxygen atoms in total. The number of phenols is 1. The average Bonchev–Trinajstić information content (AvgIpc) is 3.52. The van der Waals surface area contributed by atoms with Crippen LogP contribution < -0.4 is 30.3 Å². The molecule has 0 saturated carbocycles. The molecule has 6 aromatic rings. The van der Waals surface area contributed by atoms with Crippen LogP contribution in [-0.2, 0) is 25.7 Å². The minimum atomic E-state index is -0.650. The zero-order chi connectivity index (χ0) is 40.6. The molecule has 1 aliphatic carbocycles. The number of hydrogen-bond acceptors (Lipinski definition) is 7. The van der Waals surface area contributed by atoms with Crippen LogP contribution in [0.3, 0.4) is 0 Å². The number of phenolic OH excluding ortho intramolecular Hbond substituents is 1. The van der Waals surface area contributed by atoms with E-state index in [-0.39, 0.29) is 17.9 Å². The number of benzene rings is 5. The van der Waals surface area contributed by atoms with Gasteiger partial charge in [-0.2, -0.15) is 4.68 Å². The van der Waals surface area contributed by atoms with Crippen LogP contribution in [0.5, 0.6) is 28.7 Å². The van der Waals surface area contributed by atoms with Gasteiger partial charge in [-0.05, 0) is 77.3 Å². The van der Waals surface area contributed by atoms with E-state index in [9.17, 15) is 14.7 Å². The van der Waals surface area contributed by atoms with Gasteiger partial charge in [0.05, 0.1) is 32.1 Å². The van der Waals surface area contributed by atoms with Gasteiger partial charge in [0.25, 0.3) is 0 Å². The fraction of sp³-hybridized carbons (Fsp3) is 0.333. The molecule has 8 bridgehead atoms. The van der Waals surface area contributed by atoms with Gasteiger partial charge in [0, 0.05) is 36.8 Å². The Balaban J connectivity index is 1.54. The fourth-order valence-corrected chi connectivity index (χ4v) is 7.74. The van der Waals surface area contributed by atoms with E-state index in [1.807, 2.05) is 31.2 Å². The molecule has 0 unspecified atom stereocenters. The van der Waals surface area contributed by atoms with Gasteiger partial charge in [-0.15, -0.1) is 0 Å². The molecule has 2 N–H and O–H groups in total. The first-order valence-electron chi connectivity index (χ1n) is 20.6. The molecular weight excluding hydrogens is 731 g/mol. The topological polar surface area (TPSA) is 117 Å². The van der Waals surface area contributed by atoms with Crippen molar-refractivity contribution in [1.82, 2.24) is 14.3 Å². The summed E-state index contributed by atoms with van der Waals surface area (Å²) in [5.41, 5.74) is 6.40. The number of nitrogens with zero attached hydrogens (tertiary/aromatic N) is 2. The first kappa shape index (κ1) is 40.1. The minimum Gasteiger partial charge on any atom is -0.506 e. The third-order valence-corrected chi connectivity index (χ3v) is 10.3. The Morgan fingerprint density at radius 2 is 0.948 bits per heavy atom. The van der Waals surface area contributed by atoms with Gasteiger partial charge in [-0.1, -0.05) is 100 Å². The summed E-state index contributed by atoms with van der Waals surface area (Å²) in [5.74, 6) is 2.74. The molecule has 7 rings (SSSR count). The van der Waals surface area contributed by atoms with Crippen LogP contribution in [0.1, 0.15) is 97.9 Å². The summed E-state index contributed by atoms with van der Waals surface area (Å²) >= 11 is 0.